The highest BCUT2D eigenvalue weighted by atomic mass is 19.1. The van der Waals surface area contributed by atoms with Crippen LogP contribution >= 0.6 is 0 Å². The normalized spacial score (nSPS) is 15.2. The van der Waals surface area contributed by atoms with Gasteiger partial charge in [-0.1, -0.05) is 12.1 Å². The van der Waals surface area contributed by atoms with Crippen LogP contribution in [0.1, 0.15) is 22.8 Å². The molecule has 0 radical (unpaired) electrons. The Morgan fingerprint density at radius 2 is 1.64 bits per heavy atom. The van der Waals surface area contributed by atoms with E-state index in [0.717, 1.165) is 25.4 Å². The molecule has 5 heteroatoms. The molecule has 1 aliphatic heterocycles. The quantitative estimate of drug-likeness (QED) is 0.837. The Kier molecular flexibility index (Phi) is 5.66. The number of piperazine rings is 1. The van der Waals surface area contributed by atoms with E-state index < -0.39 is 0 Å². The molecule has 1 saturated heterocycles. The maximum Gasteiger partial charge on any atom is 0.253 e. The van der Waals surface area contributed by atoms with E-state index in [4.69, 9.17) is 4.74 Å². The molecule has 0 N–H and O–H groups in total. The van der Waals surface area contributed by atoms with Crippen LogP contribution in [-0.4, -0.2) is 48.5 Å². The molecule has 0 atom stereocenters. The fraction of sp³-hybridized carbons (Fsp3) is 0.350. The minimum atomic E-state index is -0.322. The SMILES string of the molecule is CCOc1ccc(CN2CCN(C(=O)c3ccc(F)cc3)CC2)cc1. The molecule has 0 aliphatic carbocycles. The summed E-state index contributed by atoms with van der Waals surface area (Å²) < 4.78 is 18.4. The van der Waals surface area contributed by atoms with Crippen LogP contribution in [0, 0.1) is 5.82 Å². The van der Waals surface area contributed by atoms with E-state index in [1.54, 1.807) is 12.1 Å². The highest BCUT2D eigenvalue weighted by Crippen LogP contribution is 2.15. The lowest BCUT2D eigenvalue weighted by Gasteiger charge is -2.34. The summed E-state index contributed by atoms with van der Waals surface area (Å²) in [6.07, 6.45) is 0. The number of halogens is 1. The Hall–Kier alpha value is -2.40. The molecule has 0 saturated carbocycles. The third-order valence-corrected chi connectivity index (χ3v) is 4.39. The van der Waals surface area contributed by atoms with Gasteiger partial charge in [0.1, 0.15) is 11.6 Å². The molecule has 25 heavy (non-hydrogen) atoms. The van der Waals surface area contributed by atoms with Gasteiger partial charge in [0.15, 0.2) is 0 Å². The second kappa shape index (κ2) is 8.12. The number of benzene rings is 2. The molecule has 1 aliphatic rings. The van der Waals surface area contributed by atoms with Gasteiger partial charge >= 0.3 is 0 Å². The molecule has 3 rings (SSSR count). The maximum absolute atomic E-state index is 13.0. The van der Waals surface area contributed by atoms with Crippen LogP contribution < -0.4 is 4.74 Å². The van der Waals surface area contributed by atoms with Crippen LogP contribution in [0.15, 0.2) is 48.5 Å². The molecule has 2 aromatic carbocycles. The van der Waals surface area contributed by atoms with Crippen molar-refractivity contribution in [2.45, 2.75) is 13.5 Å². The van der Waals surface area contributed by atoms with Crippen LogP contribution in [0.5, 0.6) is 5.75 Å². The summed E-state index contributed by atoms with van der Waals surface area (Å²) in [4.78, 5) is 16.6. The lowest BCUT2D eigenvalue weighted by atomic mass is 10.1. The average molecular weight is 342 g/mol. The third kappa shape index (κ3) is 4.57. The third-order valence-electron chi connectivity index (χ3n) is 4.39. The summed E-state index contributed by atoms with van der Waals surface area (Å²) >= 11 is 0. The first-order valence-electron chi connectivity index (χ1n) is 8.64. The van der Waals surface area contributed by atoms with E-state index in [2.05, 4.69) is 17.0 Å². The first-order chi connectivity index (χ1) is 12.2. The van der Waals surface area contributed by atoms with E-state index in [-0.39, 0.29) is 11.7 Å². The molecule has 0 spiro atoms. The van der Waals surface area contributed by atoms with Gasteiger partial charge in [-0.05, 0) is 48.9 Å². The number of nitrogens with zero attached hydrogens (tertiary/aromatic N) is 2. The molecule has 0 aromatic heterocycles. The van der Waals surface area contributed by atoms with E-state index in [9.17, 15) is 9.18 Å². The Balaban J connectivity index is 1.51. The van der Waals surface area contributed by atoms with Crippen molar-refractivity contribution in [3.63, 3.8) is 0 Å². The Labute approximate surface area is 147 Å². The summed E-state index contributed by atoms with van der Waals surface area (Å²) in [6.45, 7) is 6.55. The van der Waals surface area contributed by atoms with Crippen molar-refractivity contribution in [2.75, 3.05) is 32.8 Å². The van der Waals surface area contributed by atoms with Gasteiger partial charge in [0.25, 0.3) is 5.91 Å². The zero-order valence-corrected chi connectivity index (χ0v) is 14.5. The van der Waals surface area contributed by atoms with Gasteiger partial charge in [-0.15, -0.1) is 0 Å². The first kappa shape index (κ1) is 17.4. The van der Waals surface area contributed by atoms with E-state index in [1.807, 2.05) is 24.0 Å². The molecular formula is C20H23FN2O2. The smallest absolute Gasteiger partial charge is 0.253 e. The number of carbonyl (C=O) groups is 1. The molecule has 1 fully saturated rings. The summed E-state index contributed by atoms with van der Waals surface area (Å²) in [5.74, 6) is 0.540. The zero-order chi connectivity index (χ0) is 17.6. The predicted molar refractivity (Wildman–Crippen MR) is 95.2 cm³/mol. The van der Waals surface area contributed by atoms with Crippen molar-refractivity contribution in [3.8, 4) is 5.75 Å². The van der Waals surface area contributed by atoms with Gasteiger partial charge in [-0.2, -0.15) is 0 Å². The standard InChI is InChI=1S/C20H23FN2O2/c1-2-25-19-9-3-16(4-10-19)15-22-11-13-23(14-12-22)20(24)17-5-7-18(21)8-6-17/h3-10H,2,11-15H2,1H3. The molecule has 1 amide bonds. The fourth-order valence-corrected chi connectivity index (χ4v) is 3.00. The second-order valence-corrected chi connectivity index (χ2v) is 6.15. The Morgan fingerprint density at radius 3 is 2.24 bits per heavy atom. The monoisotopic (exact) mass is 342 g/mol. The van der Waals surface area contributed by atoms with Gasteiger partial charge in [-0.25, -0.2) is 4.39 Å². The number of ether oxygens (including phenoxy) is 1. The van der Waals surface area contributed by atoms with Gasteiger partial charge < -0.3 is 9.64 Å². The molecule has 132 valence electrons. The van der Waals surface area contributed by atoms with Crippen molar-refractivity contribution >= 4 is 5.91 Å². The molecular weight excluding hydrogens is 319 g/mol. The highest BCUT2D eigenvalue weighted by Gasteiger charge is 2.22. The van der Waals surface area contributed by atoms with Crippen molar-refractivity contribution in [1.82, 2.24) is 9.80 Å². The van der Waals surface area contributed by atoms with Crippen molar-refractivity contribution in [2.24, 2.45) is 0 Å². The van der Waals surface area contributed by atoms with Crippen LogP contribution in [0.3, 0.4) is 0 Å². The second-order valence-electron chi connectivity index (χ2n) is 6.15. The summed E-state index contributed by atoms with van der Waals surface area (Å²) in [5.41, 5.74) is 1.78. The van der Waals surface area contributed by atoms with Crippen molar-refractivity contribution in [3.05, 3.63) is 65.5 Å². The number of amides is 1. The summed E-state index contributed by atoms with van der Waals surface area (Å²) in [6, 6.07) is 13.9. The Morgan fingerprint density at radius 1 is 1.00 bits per heavy atom. The molecule has 0 bridgehead atoms. The predicted octanol–water partition coefficient (Wildman–Crippen LogP) is 3.18. The maximum atomic E-state index is 13.0. The van der Waals surface area contributed by atoms with Gasteiger partial charge in [0.05, 0.1) is 6.61 Å². The van der Waals surface area contributed by atoms with Crippen LogP contribution in [-0.2, 0) is 6.54 Å². The molecule has 1 heterocycles. The number of hydrogen-bond acceptors (Lipinski definition) is 3. The Bertz CT molecular complexity index is 693. The first-order valence-corrected chi connectivity index (χ1v) is 8.64. The van der Waals surface area contributed by atoms with E-state index >= 15 is 0 Å². The topological polar surface area (TPSA) is 32.8 Å². The van der Waals surface area contributed by atoms with Crippen LogP contribution in [0.25, 0.3) is 0 Å². The minimum Gasteiger partial charge on any atom is -0.494 e. The van der Waals surface area contributed by atoms with E-state index in [0.29, 0.717) is 25.3 Å². The van der Waals surface area contributed by atoms with Crippen LogP contribution in [0.2, 0.25) is 0 Å². The fourth-order valence-electron chi connectivity index (χ4n) is 3.00. The number of carbonyl (C=O) groups excluding carboxylic acids is 1. The summed E-state index contributed by atoms with van der Waals surface area (Å²) in [7, 11) is 0. The summed E-state index contributed by atoms with van der Waals surface area (Å²) in [5, 5.41) is 0. The zero-order valence-electron chi connectivity index (χ0n) is 14.5. The van der Waals surface area contributed by atoms with Crippen LogP contribution in [0.4, 0.5) is 4.39 Å². The molecule has 0 unspecified atom stereocenters. The molecule has 4 nitrogen and oxygen atoms in total. The van der Waals surface area contributed by atoms with Gasteiger partial charge in [-0.3, -0.25) is 9.69 Å². The minimum absolute atomic E-state index is 0.0271. The van der Waals surface area contributed by atoms with Crippen molar-refractivity contribution < 1.29 is 13.9 Å². The van der Waals surface area contributed by atoms with Gasteiger partial charge in [0.2, 0.25) is 0 Å². The highest BCUT2D eigenvalue weighted by molar-refractivity contribution is 5.94. The lowest BCUT2D eigenvalue weighted by molar-refractivity contribution is 0.0628. The van der Waals surface area contributed by atoms with Gasteiger partial charge in [0, 0.05) is 38.3 Å². The van der Waals surface area contributed by atoms with E-state index in [1.165, 1.54) is 17.7 Å². The number of hydrogen-bond donors (Lipinski definition) is 0. The molecule has 2 aromatic rings. The average Bonchev–Trinajstić information content (AvgIpc) is 2.64. The van der Waals surface area contributed by atoms with Crippen molar-refractivity contribution in [1.29, 1.82) is 0 Å². The number of rotatable bonds is 5. The largest absolute Gasteiger partial charge is 0.494 e. The lowest BCUT2D eigenvalue weighted by Crippen LogP contribution is -2.48.